The largest absolute Gasteiger partial charge is 0.328 e. The van der Waals surface area contributed by atoms with Gasteiger partial charge in [0.1, 0.15) is 5.69 Å². The van der Waals surface area contributed by atoms with Crippen LogP contribution in [0.2, 0.25) is 5.02 Å². The zero-order chi connectivity index (χ0) is 13.7. The summed E-state index contributed by atoms with van der Waals surface area (Å²) in [6.07, 6.45) is 2.59. The van der Waals surface area contributed by atoms with Crippen LogP contribution in [0.1, 0.15) is 30.3 Å². The molecule has 1 aromatic rings. The predicted octanol–water partition coefficient (Wildman–Crippen LogP) is 1.41. The van der Waals surface area contributed by atoms with Crippen molar-refractivity contribution in [1.29, 1.82) is 0 Å². The number of carbonyl (C=O) groups is 1. The van der Waals surface area contributed by atoms with E-state index in [0.29, 0.717) is 30.1 Å². The van der Waals surface area contributed by atoms with Gasteiger partial charge in [-0.3, -0.25) is 9.48 Å². The molecule has 1 unspecified atom stereocenters. The molecule has 0 bridgehead atoms. The molecule has 0 saturated carbocycles. The van der Waals surface area contributed by atoms with Crippen LogP contribution in [0.25, 0.3) is 0 Å². The second kappa shape index (κ2) is 6.87. The number of nitrogens with zero attached hydrogens (tertiary/aromatic N) is 3. The molecule has 0 fully saturated rings. The summed E-state index contributed by atoms with van der Waals surface area (Å²) >= 11 is 6.02. The molecule has 0 saturated heterocycles. The molecule has 0 aliphatic heterocycles. The minimum absolute atomic E-state index is 0.00792. The van der Waals surface area contributed by atoms with Crippen molar-refractivity contribution < 1.29 is 4.79 Å². The normalized spacial score (nSPS) is 13.0. The Labute approximate surface area is 113 Å². The van der Waals surface area contributed by atoms with E-state index in [1.165, 1.54) is 6.20 Å². The molecule has 0 radical (unpaired) electrons. The molecule has 1 heterocycles. The van der Waals surface area contributed by atoms with Gasteiger partial charge < -0.3 is 10.6 Å². The van der Waals surface area contributed by atoms with Crippen molar-refractivity contribution in [3.8, 4) is 0 Å². The minimum atomic E-state index is 0.00792. The quantitative estimate of drug-likeness (QED) is 0.763. The van der Waals surface area contributed by atoms with Crippen molar-refractivity contribution in [2.45, 2.75) is 32.4 Å². The van der Waals surface area contributed by atoms with Crippen LogP contribution in [0.5, 0.6) is 0 Å². The lowest BCUT2D eigenvalue weighted by molar-refractivity contribution is 0.0967. The number of rotatable bonds is 7. The van der Waals surface area contributed by atoms with Gasteiger partial charge in [0, 0.05) is 19.0 Å². The molecule has 1 aromatic heterocycles. The summed E-state index contributed by atoms with van der Waals surface area (Å²) in [6, 6.07) is 0.0193. The van der Waals surface area contributed by atoms with Crippen LogP contribution in [0.15, 0.2) is 6.20 Å². The number of aromatic nitrogens is 2. The summed E-state index contributed by atoms with van der Waals surface area (Å²) in [5.74, 6) is 0.00792. The number of hydrogen-bond acceptors (Lipinski definition) is 4. The summed E-state index contributed by atoms with van der Waals surface area (Å²) in [6.45, 7) is 3.35. The van der Waals surface area contributed by atoms with Gasteiger partial charge >= 0.3 is 0 Å². The fourth-order valence-electron chi connectivity index (χ4n) is 1.58. The second-order valence-corrected chi connectivity index (χ2v) is 5.21. The fraction of sp³-hybridized carbons (Fsp3) is 0.667. The van der Waals surface area contributed by atoms with Crippen LogP contribution < -0.4 is 5.73 Å². The maximum Gasteiger partial charge on any atom is 0.182 e. The molecule has 18 heavy (non-hydrogen) atoms. The lowest BCUT2D eigenvalue weighted by Gasteiger charge is -2.12. The van der Waals surface area contributed by atoms with Crippen LogP contribution >= 0.6 is 11.6 Å². The van der Waals surface area contributed by atoms with Crippen LogP contribution in [-0.2, 0) is 6.54 Å². The first-order valence-corrected chi connectivity index (χ1v) is 6.44. The van der Waals surface area contributed by atoms with Crippen molar-refractivity contribution in [2.75, 3.05) is 20.6 Å². The monoisotopic (exact) mass is 272 g/mol. The molecule has 102 valence electrons. The highest BCUT2D eigenvalue weighted by molar-refractivity contribution is 6.33. The van der Waals surface area contributed by atoms with Gasteiger partial charge in [-0.1, -0.05) is 11.6 Å². The average molecular weight is 273 g/mol. The highest BCUT2D eigenvalue weighted by atomic mass is 35.5. The molecule has 0 aromatic carbocycles. The molecule has 0 aliphatic carbocycles. The third kappa shape index (κ3) is 4.40. The lowest BCUT2D eigenvalue weighted by Crippen LogP contribution is -2.22. The Kier molecular flexibility index (Phi) is 5.78. The average Bonchev–Trinajstić information content (AvgIpc) is 2.64. The smallest absolute Gasteiger partial charge is 0.182 e. The Morgan fingerprint density at radius 3 is 2.83 bits per heavy atom. The Balaban J connectivity index is 2.73. The number of carbonyl (C=O) groups excluding carboxylic acids is 1. The molecule has 0 aliphatic rings. The summed E-state index contributed by atoms with van der Waals surface area (Å²) in [7, 11) is 3.95. The van der Waals surface area contributed by atoms with E-state index in [0.717, 1.165) is 6.54 Å². The van der Waals surface area contributed by atoms with Gasteiger partial charge in [0.25, 0.3) is 0 Å². The number of likely N-dealkylation sites (N-methyl/N-ethyl adjacent to an activating group) is 1. The van der Waals surface area contributed by atoms with Crippen molar-refractivity contribution in [3.63, 3.8) is 0 Å². The predicted molar refractivity (Wildman–Crippen MR) is 73.0 cm³/mol. The number of halogens is 1. The highest BCUT2D eigenvalue weighted by Gasteiger charge is 2.17. The summed E-state index contributed by atoms with van der Waals surface area (Å²) in [5, 5.41) is 4.56. The lowest BCUT2D eigenvalue weighted by atomic mass is 10.1. The first kappa shape index (κ1) is 15.1. The Hall–Kier alpha value is -0.910. The van der Waals surface area contributed by atoms with Gasteiger partial charge in [-0.25, -0.2) is 0 Å². The van der Waals surface area contributed by atoms with Crippen LogP contribution in [-0.4, -0.2) is 47.1 Å². The van der Waals surface area contributed by atoms with Gasteiger partial charge in [0.2, 0.25) is 0 Å². The van der Waals surface area contributed by atoms with Crippen LogP contribution in [0.3, 0.4) is 0 Å². The molecular formula is C12H21ClN4O. The Morgan fingerprint density at radius 2 is 2.28 bits per heavy atom. The Bertz CT molecular complexity index is 401. The van der Waals surface area contributed by atoms with E-state index < -0.39 is 0 Å². The summed E-state index contributed by atoms with van der Waals surface area (Å²) < 4.78 is 1.67. The maximum atomic E-state index is 12.1. The second-order valence-electron chi connectivity index (χ2n) is 4.81. The number of Topliss-reactive ketones (excluding diaryl/α,β-unsaturated/α-hetero) is 1. The number of hydrogen-bond donors (Lipinski definition) is 1. The first-order chi connectivity index (χ1) is 8.41. The van der Waals surface area contributed by atoms with E-state index in [2.05, 4.69) is 5.10 Å². The molecule has 1 atom stereocenters. The van der Waals surface area contributed by atoms with Gasteiger partial charge in [-0.15, -0.1) is 0 Å². The maximum absolute atomic E-state index is 12.1. The van der Waals surface area contributed by atoms with Gasteiger partial charge in [-0.05, 0) is 27.4 Å². The third-order valence-electron chi connectivity index (χ3n) is 2.64. The van der Waals surface area contributed by atoms with E-state index in [1.807, 2.05) is 25.9 Å². The van der Waals surface area contributed by atoms with E-state index >= 15 is 0 Å². The third-order valence-corrected chi connectivity index (χ3v) is 2.92. The summed E-state index contributed by atoms with van der Waals surface area (Å²) in [4.78, 5) is 14.1. The van der Waals surface area contributed by atoms with E-state index in [1.54, 1.807) is 4.68 Å². The Morgan fingerprint density at radius 1 is 1.61 bits per heavy atom. The van der Waals surface area contributed by atoms with Gasteiger partial charge in [-0.2, -0.15) is 5.10 Å². The minimum Gasteiger partial charge on any atom is -0.328 e. The topological polar surface area (TPSA) is 64.2 Å². The first-order valence-electron chi connectivity index (χ1n) is 6.06. The molecule has 0 amide bonds. The van der Waals surface area contributed by atoms with Crippen molar-refractivity contribution in [3.05, 3.63) is 16.9 Å². The summed E-state index contributed by atoms with van der Waals surface area (Å²) in [5.41, 5.74) is 6.15. The molecular weight excluding hydrogens is 252 g/mol. The van der Waals surface area contributed by atoms with Crippen LogP contribution in [0.4, 0.5) is 0 Å². The number of nitrogens with two attached hydrogens (primary N) is 1. The molecule has 1 rings (SSSR count). The fourth-order valence-corrected chi connectivity index (χ4v) is 1.83. The van der Waals surface area contributed by atoms with Gasteiger partial charge in [0.15, 0.2) is 5.78 Å². The highest BCUT2D eigenvalue weighted by Crippen LogP contribution is 2.18. The SMILES string of the molecule is CC(N)CCC(=O)c1c(Cl)cnn1CCN(C)C. The van der Waals surface area contributed by atoms with E-state index in [9.17, 15) is 4.79 Å². The molecule has 0 spiro atoms. The standard InChI is InChI=1S/C12H21ClN4O/c1-9(14)4-5-11(18)12-10(13)8-15-17(12)7-6-16(2)3/h8-9H,4-7,14H2,1-3H3. The molecule has 5 nitrogen and oxygen atoms in total. The zero-order valence-corrected chi connectivity index (χ0v) is 11.9. The molecule has 6 heteroatoms. The van der Waals surface area contributed by atoms with E-state index in [-0.39, 0.29) is 11.8 Å². The number of ketones is 1. The van der Waals surface area contributed by atoms with Crippen LogP contribution in [0, 0.1) is 0 Å². The van der Waals surface area contributed by atoms with E-state index in [4.69, 9.17) is 17.3 Å². The van der Waals surface area contributed by atoms with Crippen molar-refractivity contribution >= 4 is 17.4 Å². The van der Waals surface area contributed by atoms with Gasteiger partial charge in [0.05, 0.1) is 17.8 Å². The zero-order valence-electron chi connectivity index (χ0n) is 11.2. The molecule has 2 N–H and O–H groups in total. The van der Waals surface area contributed by atoms with Crippen molar-refractivity contribution in [1.82, 2.24) is 14.7 Å². The van der Waals surface area contributed by atoms with Crippen molar-refractivity contribution in [2.24, 2.45) is 5.73 Å².